The minimum atomic E-state index is -0.782. The average Bonchev–Trinajstić information content (AvgIpc) is 3.20. The van der Waals surface area contributed by atoms with E-state index < -0.39 is 12.0 Å². The molecule has 0 aromatic heterocycles. The third-order valence-electron chi connectivity index (χ3n) is 3.96. The molecular formula is C13H23N3O3. The van der Waals surface area contributed by atoms with Gasteiger partial charge in [0, 0.05) is 32.7 Å². The number of piperazine rings is 1. The number of hydrogen-bond acceptors (Lipinski definition) is 4. The van der Waals surface area contributed by atoms with Crippen LogP contribution in [0.15, 0.2) is 0 Å². The van der Waals surface area contributed by atoms with E-state index in [1.807, 2.05) is 4.90 Å². The van der Waals surface area contributed by atoms with E-state index in [1.54, 1.807) is 6.92 Å². The van der Waals surface area contributed by atoms with Crippen LogP contribution in [-0.4, -0.2) is 72.1 Å². The summed E-state index contributed by atoms with van der Waals surface area (Å²) in [6, 6.07) is -0.439. The van der Waals surface area contributed by atoms with E-state index in [0.29, 0.717) is 25.6 Å². The number of nitrogens with one attached hydrogen (secondary N) is 1. The molecule has 108 valence electrons. The Morgan fingerprint density at radius 2 is 1.89 bits per heavy atom. The van der Waals surface area contributed by atoms with Gasteiger partial charge < -0.3 is 10.4 Å². The molecule has 2 fully saturated rings. The first-order valence-electron chi connectivity index (χ1n) is 7.02. The Labute approximate surface area is 113 Å². The molecule has 1 atom stereocenters. The maximum atomic E-state index is 11.7. The minimum Gasteiger partial charge on any atom is -0.480 e. The van der Waals surface area contributed by atoms with Gasteiger partial charge in [-0.05, 0) is 25.7 Å². The van der Waals surface area contributed by atoms with E-state index in [4.69, 9.17) is 5.11 Å². The van der Waals surface area contributed by atoms with Gasteiger partial charge in [-0.2, -0.15) is 0 Å². The second-order valence-corrected chi connectivity index (χ2v) is 5.57. The van der Waals surface area contributed by atoms with Gasteiger partial charge in [0.15, 0.2) is 0 Å². The summed E-state index contributed by atoms with van der Waals surface area (Å²) >= 11 is 0. The molecule has 2 rings (SSSR count). The molecule has 1 unspecified atom stereocenters. The first-order chi connectivity index (χ1) is 9.06. The van der Waals surface area contributed by atoms with Crippen molar-refractivity contribution in [2.45, 2.75) is 25.8 Å². The summed E-state index contributed by atoms with van der Waals surface area (Å²) in [5.74, 6) is 0.0134. The first-order valence-corrected chi connectivity index (χ1v) is 7.02. The Morgan fingerprint density at radius 3 is 2.42 bits per heavy atom. The van der Waals surface area contributed by atoms with Crippen molar-refractivity contribution < 1.29 is 14.7 Å². The lowest BCUT2D eigenvalue weighted by Crippen LogP contribution is -2.53. The topological polar surface area (TPSA) is 72.9 Å². The maximum absolute atomic E-state index is 11.7. The van der Waals surface area contributed by atoms with E-state index in [9.17, 15) is 9.59 Å². The second-order valence-electron chi connectivity index (χ2n) is 5.57. The Balaban J connectivity index is 1.64. The third-order valence-corrected chi connectivity index (χ3v) is 3.96. The highest BCUT2D eigenvalue weighted by molar-refractivity contribution is 5.78. The van der Waals surface area contributed by atoms with Crippen LogP contribution in [0.25, 0.3) is 0 Å². The molecule has 1 heterocycles. The highest BCUT2D eigenvalue weighted by atomic mass is 16.4. The molecule has 1 amide bonds. The highest BCUT2D eigenvalue weighted by Crippen LogP contribution is 2.27. The highest BCUT2D eigenvalue weighted by Gasteiger charge is 2.26. The number of rotatable bonds is 6. The predicted octanol–water partition coefficient (Wildman–Crippen LogP) is -0.397. The van der Waals surface area contributed by atoms with Crippen molar-refractivity contribution in [2.75, 3.05) is 39.3 Å². The zero-order valence-electron chi connectivity index (χ0n) is 11.5. The fourth-order valence-electron chi connectivity index (χ4n) is 2.30. The van der Waals surface area contributed by atoms with Crippen molar-refractivity contribution in [1.29, 1.82) is 0 Å². The van der Waals surface area contributed by atoms with E-state index in [1.165, 1.54) is 12.8 Å². The lowest BCUT2D eigenvalue weighted by molar-refractivity contribution is -0.143. The quantitative estimate of drug-likeness (QED) is 0.686. The third kappa shape index (κ3) is 4.47. The molecule has 0 aromatic carbocycles. The van der Waals surface area contributed by atoms with Gasteiger partial charge in [-0.1, -0.05) is 0 Å². The summed E-state index contributed by atoms with van der Waals surface area (Å²) < 4.78 is 0. The van der Waals surface area contributed by atoms with Gasteiger partial charge in [0.2, 0.25) is 5.91 Å². The number of carboxylic acid groups (broad SMARTS) is 1. The molecule has 6 nitrogen and oxygen atoms in total. The Bertz CT molecular complexity index is 336. The number of carbonyl (C=O) groups is 2. The van der Waals surface area contributed by atoms with Crippen LogP contribution in [0.2, 0.25) is 0 Å². The molecule has 0 radical (unpaired) electrons. The van der Waals surface area contributed by atoms with Crippen molar-refractivity contribution in [3.63, 3.8) is 0 Å². The van der Waals surface area contributed by atoms with Crippen LogP contribution in [0.4, 0.5) is 0 Å². The molecule has 1 aliphatic heterocycles. The zero-order valence-corrected chi connectivity index (χ0v) is 11.5. The second kappa shape index (κ2) is 6.34. The normalized spacial score (nSPS) is 23.0. The summed E-state index contributed by atoms with van der Waals surface area (Å²) in [7, 11) is 0. The molecular weight excluding hydrogens is 246 g/mol. The lowest BCUT2D eigenvalue weighted by atomic mass is 10.2. The van der Waals surface area contributed by atoms with E-state index in [0.717, 1.165) is 19.6 Å². The van der Waals surface area contributed by atoms with Gasteiger partial charge in [0.05, 0.1) is 6.54 Å². The van der Waals surface area contributed by atoms with Gasteiger partial charge in [0.1, 0.15) is 6.04 Å². The van der Waals surface area contributed by atoms with Crippen molar-refractivity contribution >= 4 is 11.9 Å². The van der Waals surface area contributed by atoms with Gasteiger partial charge in [0.25, 0.3) is 0 Å². The van der Waals surface area contributed by atoms with E-state index in [2.05, 4.69) is 10.2 Å². The van der Waals surface area contributed by atoms with Crippen molar-refractivity contribution in [3.8, 4) is 0 Å². The Kier molecular flexibility index (Phi) is 4.76. The average molecular weight is 269 g/mol. The summed E-state index contributed by atoms with van der Waals surface area (Å²) in [6.45, 7) is 5.90. The first kappa shape index (κ1) is 14.3. The van der Waals surface area contributed by atoms with Crippen LogP contribution >= 0.6 is 0 Å². The smallest absolute Gasteiger partial charge is 0.320 e. The zero-order chi connectivity index (χ0) is 13.8. The van der Waals surface area contributed by atoms with Crippen LogP contribution < -0.4 is 5.32 Å². The van der Waals surface area contributed by atoms with Crippen LogP contribution in [-0.2, 0) is 9.59 Å². The number of nitrogens with zero attached hydrogens (tertiary/aromatic N) is 2. The fraction of sp³-hybridized carbons (Fsp3) is 0.846. The van der Waals surface area contributed by atoms with E-state index >= 15 is 0 Å². The predicted molar refractivity (Wildman–Crippen MR) is 70.8 cm³/mol. The fourth-order valence-corrected chi connectivity index (χ4v) is 2.30. The molecule has 2 aliphatic rings. The monoisotopic (exact) mass is 269 g/mol. The van der Waals surface area contributed by atoms with Gasteiger partial charge in [-0.3, -0.25) is 19.4 Å². The van der Waals surface area contributed by atoms with Gasteiger partial charge in [-0.15, -0.1) is 0 Å². The lowest BCUT2D eigenvalue weighted by Gasteiger charge is -2.36. The summed E-state index contributed by atoms with van der Waals surface area (Å²) in [6.07, 6.45) is 2.48. The SMILES string of the molecule is CC(C(=O)O)N1CCN(CC(=O)NCC2CC2)CC1. The van der Waals surface area contributed by atoms with Crippen LogP contribution in [0, 0.1) is 5.92 Å². The standard InChI is InChI=1S/C13H23N3O3/c1-10(13(18)19)16-6-4-15(5-7-16)9-12(17)14-8-11-2-3-11/h10-11H,2-9H2,1H3,(H,14,17)(H,18,19). The molecule has 1 aliphatic carbocycles. The van der Waals surface area contributed by atoms with Crippen molar-refractivity contribution in [2.24, 2.45) is 5.92 Å². The maximum Gasteiger partial charge on any atom is 0.320 e. The van der Waals surface area contributed by atoms with Crippen LogP contribution in [0.1, 0.15) is 19.8 Å². The molecule has 0 spiro atoms. The Morgan fingerprint density at radius 1 is 1.26 bits per heavy atom. The number of carboxylic acids is 1. The molecule has 0 aromatic rings. The van der Waals surface area contributed by atoms with Gasteiger partial charge >= 0.3 is 5.97 Å². The van der Waals surface area contributed by atoms with Crippen LogP contribution in [0.3, 0.4) is 0 Å². The largest absolute Gasteiger partial charge is 0.480 e. The molecule has 1 saturated heterocycles. The molecule has 6 heteroatoms. The van der Waals surface area contributed by atoms with Gasteiger partial charge in [-0.25, -0.2) is 0 Å². The van der Waals surface area contributed by atoms with E-state index in [-0.39, 0.29) is 5.91 Å². The molecule has 2 N–H and O–H groups in total. The molecule has 0 bridgehead atoms. The summed E-state index contributed by atoms with van der Waals surface area (Å²) in [4.78, 5) is 26.6. The number of amides is 1. The van der Waals surface area contributed by atoms with Crippen LogP contribution in [0.5, 0.6) is 0 Å². The van der Waals surface area contributed by atoms with Crippen molar-refractivity contribution in [3.05, 3.63) is 0 Å². The summed E-state index contributed by atoms with van der Waals surface area (Å²) in [5.41, 5.74) is 0. The molecule has 19 heavy (non-hydrogen) atoms. The minimum absolute atomic E-state index is 0.0895. The summed E-state index contributed by atoms with van der Waals surface area (Å²) in [5, 5.41) is 11.9. The Hall–Kier alpha value is -1.14. The number of hydrogen-bond donors (Lipinski definition) is 2. The number of carbonyl (C=O) groups excluding carboxylic acids is 1. The van der Waals surface area contributed by atoms with Crippen molar-refractivity contribution in [1.82, 2.24) is 15.1 Å². The molecule has 1 saturated carbocycles. The number of aliphatic carboxylic acids is 1.